The molecule has 0 bridgehead atoms. The topological polar surface area (TPSA) is 110 Å². The Kier molecular flexibility index (Phi) is 4.98. The highest BCUT2D eigenvalue weighted by molar-refractivity contribution is 5.94. The maximum absolute atomic E-state index is 14.8. The van der Waals surface area contributed by atoms with Crippen molar-refractivity contribution in [3.05, 3.63) is 99.9 Å². The van der Waals surface area contributed by atoms with Crippen LogP contribution in [0.25, 0.3) is 22.2 Å². The predicted octanol–water partition coefficient (Wildman–Crippen LogP) is 3.16. The summed E-state index contributed by atoms with van der Waals surface area (Å²) in [6.45, 7) is 1.10. The summed E-state index contributed by atoms with van der Waals surface area (Å²) in [5.41, 5.74) is 1.88. The Morgan fingerprint density at radius 2 is 1.94 bits per heavy atom. The second kappa shape index (κ2) is 8.32. The number of rotatable bonds is 4. The van der Waals surface area contributed by atoms with E-state index in [1.165, 1.54) is 6.07 Å². The average Bonchev–Trinajstić information content (AvgIpc) is 3.56. The Hall–Kier alpha value is -4.60. The van der Waals surface area contributed by atoms with Crippen molar-refractivity contribution in [2.24, 2.45) is 0 Å². The first kappa shape index (κ1) is 21.0. The van der Waals surface area contributed by atoms with Crippen molar-refractivity contribution >= 4 is 16.7 Å². The van der Waals surface area contributed by atoms with Gasteiger partial charge in [-0.15, -0.1) is 10.2 Å². The molecule has 0 radical (unpaired) electrons. The average molecular weight is 470 g/mol. The molecule has 0 fully saturated rings. The monoisotopic (exact) mass is 470 g/mol. The smallest absolute Gasteiger partial charge is 0.272 e. The van der Waals surface area contributed by atoms with Crippen molar-refractivity contribution in [1.82, 2.24) is 29.9 Å². The Labute approximate surface area is 197 Å². The lowest BCUT2D eigenvalue weighted by molar-refractivity contribution is 0.0703. The minimum absolute atomic E-state index is 0.0146. The molecule has 0 saturated carbocycles. The number of H-pyrrole nitrogens is 1. The molecule has 0 unspecified atom stereocenters. The number of hydrogen-bond acceptors (Lipinski definition) is 6. The molecule has 0 aliphatic carbocycles. The fraction of sp³-hybridized carbons (Fsp3) is 0.160. The summed E-state index contributed by atoms with van der Waals surface area (Å²) in [5, 5.41) is 16.4. The van der Waals surface area contributed by atoms with E-state index in [1.54, 1.807) is 47.8 Å². The molecule has 35 heavy (non-hydrogen) atoms. The number of aromatic amines is 1. The Bertz CT molecular complexity index is 1620. The molecule has 174 valence electrons. The van der Waals surface area contributed by atoms with Crippen molar-refractivity contribution in [3.63, 3.8) is 0 Å². The van der Waals surface area contributed by atoms with Crippen LogP contribution in [-0.2, 0) is 19.5 Å². The van der Waals surface area contributed by atoms with Crippen LogP contribution in [0, 0.1) is 5.82 Å². The number of fused-ring (bicyclic) bond motifs is 2. The molecule has 9 nitrogen and oxygen atoms in total. The van der Waals surface area contributed by atoms with Crippen LogP contribution in [0.3, 0.4) is 0 Å². The van der Waals surface area contributed by atoms with Crippen molar-refractivity contribution in [2.75, 3.05) is 6.54 Å². The zero-order chi connectivity index (χ0) is 23.9. The van der Waals surface area contributed by atoms with Crippen molar-refractivity contribution in [3.8, 4) is 11.4 Å². The fourth-order valence-electron chi connectivity index (χ4n) is 4.45. The summed E-state index contributed by atoms with van der Waals surface area (Å²) >= 11 is 0. The van der Waals surface area contributed by atoms with E-state index >= 15 is 0 Å². The van der Waals surface area contributed by atoms with Gasteiger partial charge in [-0.2, -0.15) is 5.10 Å². The molecule has 2 aromatic carbocycles. The minimum atomic E-state index is -0.593. The van der Waals surface area contributed by atoms with Crippen LogP contribution < -0.4 is 5.56 Å². The quantitative estimate of drug-likeness (QED) is 0.432. The minimum Gasteiger partial charge on any atom is -0.472 e. The van der Waals surface area contributed by atoms with Crippen molar-refractivity contribution < 1.29 is 13.6 Å². The van der Waals surface area contributed by atoms with E-state index in [1.807, 2.05) is 16.7 Å². The molecule has 1 amide bonds. The largest absolute Gasteiger partial charge is 0.472 e. The molecule has 1 N–H and O–H groups in total. The number of nitrogens with zero attached hydrogens (tertiary/aromatic N) is 5. The first-order chi connectivity index (χ1) is 17.1. The highest BCUT2D eigenvalue weighted by Gasteiger charge is 2.27. The third-order valence-electron chi connectivity index (χ3n) is 6.23. The van der Waals surface area contributed by atoms with Crippen molar-refractivity contribution in [1.29, 1.82) is 0 Å². The highest BCUT2D eigenvalue weighted by Crippen LogP contribution is 2.24. The molecule has 10 heteroatoms. The molecule has 0 spiro atoms. The van der Waals surface area contributed by atoms with Crippen molar-refractivity contribution in [2.45, 2.75) is 19.5 Å². The van der Waals surface area contributed by atoms with Crippen LogP contribution in [0.4, 0.5) is 4.39 Å². The van der Waals surface area contributed by atoms with E-state index in [2.05, 4.69) is 20.4 Å². The van der Waals surface area contributed by atoms with Gasteiger partial charge in [0.15, 0.2) is 11.6 Å². The summed E-state index contributed by atoms with van der Waals surface area (Å²) < 4.78 is 21.8. The first-order valence-electron chi connectivity index (χ1n) is 11.1. The number of furan rings is 1. The predicted molar refractivity (Wildman–Crippen MR) is 124 cm³/mol. The number of halogens is 1. The number of aromatic nitrogens is 5. The molecule has 5 aromatic rings. The Morgan fingerprint density at radius 1 is 1.09 bits per heavy atom. The van der Waals surface area contributed by atoms with Gasteiger partial charge in [-0.3, -0.25) is 9.59 Å². The molecule has 1 aliphatic heterocycles. The first-order valence-corrected chi connectivity index (χ1v) is 11.1. The molecule has 0 atom stereocenters. The van der Waals surface area contributed by atoms with Gasteiger partial charge in [0, 0.05) is 24.9 Å². The van der Waals surface area contributed by atoms with Gasteiger partial charge in [-0.25, -0.2) is 9.49 Å². The van der Waals surface area contributed by atoms with E-state index in [9.17, 15) is 14.0 Å². The zero-order valence-corrected chi connectivity index (χ0v) is 18.4. The Morgan fingerprint density at radius 3 is 2.77 bits per heavy atom. The third kappa shape index (κ3) is 3.68. The van der Waals surface area contributed by atoms with E-state index in [4.69, 9.17) is 4.42 Å². The lowest BCUT2D eigenvalue weighted by Gasteiger charge is -2.28. The van der Waals surface area contributed by atoms with Crippen LogP contribution in [-0.4, -0.2) is 42.3 Å². The molecular weight excluding hydrogens is 451 g/mol. The van der Waals surface area contributed by atoms with E-state index in [0.29, 0.717) is 47.8 Å². The molecule has 6 rings (SSSR count). The lowest BCUT2D eigenvalue weighted by atomic mass is 10.0. The maximum Gasteiger partial charge on any atom is 0.272 e. The lowest BCUT2D eigenvalue weighted by Crippen LogP contribution is -2.39. The van der Waals surface area contributed by atoms with Gasteiger partial charge in [0.1, 0.15) is 12.1 Å². The number of nitrogens with one attached hydrogen (secondary N) is 1. The van der Waals surface area contributed by atoms with E-state index in [0.717, 1.165) is 10.9 Å². The van der Waals surface area contributed by atoms with Gasteiger partial charge >= 0.3 is 0 Å². The van der Waals surface area contributed by atoms with E-state index in [-0.39, 0.29) is 17.7 Å². The summed E-state index contributed by atoms with van der Waals surface area (Å²) in [7, 11) is 0. The van der Waals surface area contributed by atoms with Gasteiger partial charge in [0.05, 0.1) is 35.0 Å². The van der Waals surface area contributed by atoms with Crippen LogP contribution >= 0.6 is 0 Å². The number of hydrogen-bond donors (Lipinski definition) is 1. The SMILES string of the molecule is O=C(c1cc(Cc2n[nH]c(=O)c3ccccc23)ccc1F)N1CCn2c(nnc2-c2ccoc2)C1. The van der Waals surface area contributed by atoms with Gasteiger partial charge in [-0.05, 0) is 29.8 Å². The molecule has 3 aromatic heterocycles. The summed E-state index contributed by atoms with van der Waals surface area (Å²) in [6.07, 6.45) is 3.49. The van der Waals surface area contributed by atoms with Gasteiger partial charge < -0.3 is 13.9 Å². The van der Waals surface area contributed by atoms with Crippen LogP contribution in [0.15, 0.2) is 70.3 Å². The van der Waals surface area contributed by atoms with Gasteiger partial charge in [-0.1, -0.05) is 24.3 Å². The normalized spacial score (nSPS) is 13.2. The van der Waals surface area contributed by atoms with E-state index < -0.39 is 11.7 Å². The number of carbonyl (C=O) groups is 1. The third-order valence-corrected chi connectivity index (χ3v) is 6.23. The molecule has 4 heterocycles. The van der Waals surface area contributed by atoms with Gasteiger partial charge in [0.2, 0.25) is 0 Å². The number of carbonyl (C=O) groups excluding carboxylic acids is 1. The fourth-order valence-corrected chi connectivity index (χ4v) is 4.45. The second-order valence-corrected chi connectivity index (χ2v) is 8.37. The van der Waals surface area contributed by atoms with Crippen LogP contribution in [0.1, 0.15) is 27.4 Å². The zero-order valence-electron chi connectivity index (χ0n) is 18.4. The van der Waals surface area contributed by atoms with Crippen LogP contribution in [0.2, 0.25) is 0 Å². The molecule has 0 saturated heterocycles. The number of benzene rings is 2. The van der Waals surface area contributed by atoms with Crippen LogP contribution in [0.5, 0.6) is 0 Å². The summed E-state index contributed by atoms with van der Waals surface area (Å²) in [6, 6.07) is 13.4. The summed E-state index contributed by atoms with van der Waals surface area (Å²) in [5.74, 6) is 0.294. The summed E-state index contributed by atoms with van der Waals surface area (Å²) in [4.78, 5) is 26.9. The maximum atomic E-state index is 14.8. The molecule has 1 aliphatic rings. The number of amides is 1. The molecular formula is C25H19FN6O3. The van der Waals surface area contributed by atoms with Gasteiger partial charge in [0.25, 0.3) is 11.5 Å². The highest BCUT2D eigenvalue weighted by atomic mass is 19.1. The Balaban J connectivity index is 1.27. The standard InChI is InChI=1S/C25H19FN6O3/c26-20-6-5-15(12-21-17-3-1-2-4-18(17)24(33)30-27-21)11-19(20)25(34)31-8-9-32-22(13-31)28-29-23(32)16-7-10-35-14-16/h1-7,10-11,14H,8-9,12-13H2,(H,30,33). The second-order valence-electron chi connectivity index (χ2n) is 8.37.